The third-order valence-electron chi connectivity index (χ3n) is 6.56. The van der Waals surface area contributed by atoms with Crippen LogP contribution in [0.3, 0.4) is 0 Å². The molecule has 0 aliphatic carbocycles. The van der Waals surface area contributed by atoms with Crippen molar-refractivity contribution in [3.63, 3.8) is 0 Å². The Kier molecular flexibility index (Phi) is 16.4. The van der Waals surface area contributed by atoms with Gasteiger partial charge in [0.25, 0.3) is 10.1 Å². The molecule has 0 saturated heterocycles. The van der Waals surface area contributed by atoms with E-state index >= 15 is 0 Å². The van der Waals surface area contributed by atoms with Crippen LogP contribution < -0.4 is 0 Å². The number of rotatable bonds is 22. The minimum Gasteiger partial charge on any atom is -0.300 e. The topological polar surface area (TPSA) is 77.7 Å². The Labute approximate surface area is 203 Å². The van der Waals surface area contributed by atoms with Crippen molar-refractivity contribution in [2.24, 2.45) is 0 Å². The van der Waals surface area contributed by atoms with Crippen LogP contribution in [-0.2, 0) is 14.9 Å². The van der Waals surface area contributed by atoms with E-state index in [2.05, 4.69) is 23.1 Å². The fourth-order valence-corrected chi connectivity index (χ4v) is 5.11. The summed E-state index contributed by atoms with van der Waals surface area (Å²) in [4.78, 5) is 14.7. The number of likely N-dealkylation sites (N-methyl/N-ethyl adjacent to an activating group) is 1. The zero-order valence-corrected chi connectivity index (χ0v) is 21.9. The molecule has 1 aliphatic heterocycles. The number of carbonyl (C=O) groups excluding carboxylic acids is 1. The molecule has 0 atom stereocenters. The highest BCUT2D eigenvalue weighted by Crippen LogP contribution is 2.14. The first-order chi connectivity index (χ1) is 15.8. The summed E-state index contributed by atoms with van der Waals surface area (Å²) in [5, 5.41) is 0. The van der Waals surface area contributed by atoms with E-state index in [1.165, 1.54) is 37.9 Å². The molecule has 0 aromatic carbocycles. The molecule has 0 radical (unpaired) electrons. The van der Waals surface area contributed by atoms with Crippen molar-refractivity contribution in [3.8, 4) is 0 Å². The summed E-state index contributed by atoms with van der Waals surface area (Å²) >= 11 is 0. The third kappa shape index (κ3) is 16.1. The van der Waals surface area contributed by atoms with Crippen LogP contribution in [0.5, 0.6) is 0 Å². The molecule has 192 valence electrons. The van der Waals surface area contributed by atoms with E-state index in [1.807, 2.05) is 6.08 Å². The van der Waals surface area contributed by atoms with E-state index in [4.69, 9.17) is 4.55 Å². The molecular formula is C26H49N2O4S+. The fourth-order valence-electron chi connectivity index (χ4n) is 4.54. The highest BCUT2D eigenvalue weighted by Gasteiger charge is 2.27. The van der Waals surface area contributed by atoms with Gasteiger partial charge >= 0.3 is 0 Å². The van der Waals surface area contributed by atoms with Crippen molar-refractivity contribution in [3.05, 3.63) is 12.7 Å². The van der Waals surface area contributed by atoms with Crippen LogP contribution >= 0.6 is 0 Å². The van der Waals surface area contributed by atoms with E-state index in [1.54, 1.807) is 0 Å². The van der Waals surface area contributed by atoms with Crippen molar-refractivity contribution >= 4 is 21.7 Å². The number of amidine groups is 1. The molecule has 33 heavy (non-hydrogen) atoms. The summed E-state index contributed by atoms with van der Waals surface area (Å²) < 4.78 is 32.4. The lowest BCUT2D eigenvalue weighted by molar-refractivity contribution is -0.487. The minimum absolute atomic E-state index is 0.134. The molecule has 0 unspecified atom stereocenters. The first kappa shape index (κ1) is 29.8. The summed E-state index contributed by atoms with van der Waals surface area (Å²) in [5.41, 5.74) is 0. The maximum atomic E-state index is 12.2. The van der Waals surface area contributed by atoms with Crippen molar-refractivity contribution in [1.29, 1.82) is 0 Å². The van der Waals surface area contributed by atoms with E-state index in [0.717, 1.165) is 77.4 Å². The Hall–Kier alpha value is -1.21. The molecule has 0 saturated carbocycles. The van der Waals surface area contributed by atoms with Crippen LogP contribution in [0, 0.1) is 0 Å². The van der Waals surface area contributed by atoms with Crippen LogP contribution in [0.1, 0.15) is 109 Å². The van der Waals surface area contributed by atoms with E-state index in [-0.39, 0.29) is 5.75 Å². The monoisotopic (exact) mass is 485 g/mol. The lowest BCUT2D eigenvalue weighted by Gasteiger charge is -2.13. The Morgan fingerprint density at radius 2 is 1.52 bits per heavy atom. The number of hydrogen-bond acceptors (Lipinski definition) is 4. The molecule has 0 fully saturated rings. The van der Waals surface area contributed by atoms with Gasteiger partial charge < -0.3 is 0 Å². The van der Waals surface area contributed by atoms with Gasteiger partial charge in [0, 0.05) is 19.3 Å². The molecule has 6 nitrogen and oxygen atoms in total. The Balaban J connectivity index is 2.03. The van der Waals surface area contributed by atoms with Crippen LogP contribution in [0.4, 0.5) is 0 Å². The van der Waals surface area contributed by atoms with Gasteiger partial charge in [0.05, 0.1) is 19.3 Å². The molecule has 0 aromatic rings. The van der Waals surface area contributed by atoms with Gasteiger partial charge in [-0.25, -0.2) is 0 Å². The van der Waals surface area contributed by atoms with Gasteiger partial charge in [0.1, 0.15) is 18.9 Å². The maximum Gasteiger partial charge on any atom is 0.264 e. The number of unbranched alkanes of at least 4 members (excludes halogenated alkanes) is 11. The second-order valence-corrected chi connectivity index (χ2v) is 11.1. The standard InChI is InChI=1S/C26H48N2O4S/c1-3-4-5-6-8-12-15-20-26-27(2)22-23-28(26)21-17-19-25(29)18-14-11-9-7-10-13-16-24-33(30,31)32/h3H,1,4-24H2,2H3/p+1. The quantitative estimate of drug-likeness (QED) is 0.0932. The number of hydrogen-bond donors (Lipinski definition) is 1. The van der Waals surface area contributed by atoms with Gasteiger partial charge in [-0.2, -0.15) is 8.42 Å². The number of allylic oxidation sites excluding steroid dienone is 1. The normalized spacial score (nSPS) is 14.3. The van der Waals surface area contributed by atoms with Gasteiger partial charge in [-0.05, 0) is 38.5 Å². The summed E-state index contributed by atoms with van der Waals surface area (Å²) in [6, 6.07) is 0. The molecule has 0 aromatic heterocycles. The average Bonchev–Trinajstić information content (AvgIpc) is 3.10. The van der Waals surface area contributed by atoms with Gasteiger partial charge in [-0.3, -0.25) is 18.8 Å². The van der Waals surface area contributed by atoms with Crippen LogP contribution in [0.25, 0.3) is 0 Å². The second kappa shape index (κ2) is 18.2. The molecule has 7 heteroatoms. The summed E-state index contributed by atoms with van der Waals surface area (Å²) in [7, 11) is -1.62. The predicted molar refractivity (Wildman–Crippen MR) is 138 cm³/mol. The van der Waals surface area contributed by atoms with E-state index < -0.39 is 10.1 Å². The number of nitrogens with zero attached hydrogens (tertiary/aromatic N) is 2. The van der Waals surface area contributed by atoms with E-state index in [9.17, 15) is 13.2 Å². The second-order valence-electron chi connectivity index (χ2n) is 9.57. The van der Waals surface area contributed by atoms with Crippen molar-refractivity contribution in [2.75, 3.05) is 32.4 Å². The number of ketones is 1. The SMILES string of the molecule is C=CCCCCCCCC1=[N+](C)CCN1CCCC(=O)CCCCCCCCCS(=O)(=O)O. The smallest absolute Gasteiger partial charge is 0.264 e. The summed E-state index contributed by atoms with van der Waals surface area (Å²) in [6.07, 6.45) is 19.6. The zero-order chi connectivity index (χ0) is 24.4. The van der Waals surface area contributed by atoms with Gasteiger partial charge in [0.15, 0.2) is 0 Å². The lowest BCUT2D eigenvalue weighted by atomic mass is 10.0. The molecular weight excluding hydrogens is 436 g/mol. The van der Waals surface area contributed by atoms with Crippen LogP contribution in [0.2, 0.25) is 0 Å². The van der Waals surface area contributed by atoms with Gasteiger partial charge in [-0.1, -0.05) is 57.4 Å². The van der Waals surface area contributed by atoms with Crippen LogP contribution in [0.15, 0.2) is 12.7 Å². The number of carbonyl (C=O) groups is 1. The van der Waals surface area contributed by atoms with E-state index in [0.29, 0.717) is 25.0 Å². The minimum atomic E-state index is -3.81. The van der Waals surface area contributed by atoms with Crippen molar-refractivity contribution in [2.45, 2.75) is 109 Å². The van der Waals surface area contributed by atoms with Crippen molar-refractivity contribution in [1.82, 2.24) is 4.90 Å². The Bertz CT molecular complexity index is 688. The average molecular weight is 486 g/mol. The highest BCUT2D eigenvalue weighted by atomic mass is 32.2. The summed E-state index contributed by atoms with van der Waals surface area (Å²) in [5.74, 6) is 1.71. The molecule has 1 aliphatic rings. The molecule has 0 spiro atoms. The molecule has 1 N–H and O–H groups in total. The number of Topliss-reactive ketones (excluding diaryl/α,β-unsaturated/α-hetero) is 1. The Morgan fingerprint density at radius 3 is 2.18 bits per heavy atom. The third-order valence-corrected chi connectivity index (χ3v) is 7.37. The first-order valence-corrected chi connectivity index (χ1v) is 14.8. The van der Waals surface area contributed by atoms with Gasteiger partial charge in [0.2, 0.25) is 5.84 Å². The molecule has 0 amide bonds. The summed E-state index contributed by atoms with van der Waals surface area (Å²) in [6.45, 7) is 6.96. The van der Waals surface area contributed by atoms with Crippen molar-refractivity contribution < 1.29 is 22.3 Å². The zero-order valence-electron chi connectivity index (χ0n) is 21.1. The highest BCUT2D eigenvalue weighted by molar-refractivity contribution is 7.85. The molecule has 0 bridgehead atoms. The van der Waals surface area contributed by atoms with Crippen LogP contribution in [-0.4, -0.2) is 66.5 Å². The lowest BCUT2D eigenvalue weighted by Crippen LogP contribution is -2.30. The Morgan fingerprint density at radius 1 is 0.939 bits per heavy atom. The maximum absolute atomic E-state index is 12.2. The molecule has 1 heterocycles. The fraction of sp³-hybridized carbons (Fsp3) is 0.846. The van der Waals surface area contributed by atoms with Gasteiger partial charge in [-0.15, -0.1) is 6.58 Å². The molecule has 1 rings (SSSR count). The predicted octanol–water partition coefficient (Wildman–Crippen LogP) is 5.62. The first-order valence-electron chi connectivity index (χ1n) is 13.2. The largest absolute Gasteiger partial charge is 0.300 e.